The fourth-order valence-electron chi connectivity index (χ4n) is 1.28. The van der Waals surface area contributed by atoms with Gasteiger partial charge in [-0.25, -0.2) is 10.8 Å². The number of thiazole rings is 1. The minimum atomic E-state index is -0.442. The van der Waals surface area contributed by atoms with Gasteiger partial charge in [-0.2, -0.15) is 0 Å². The minimum absolute atomic E-state index is 0.0118. The molecule has 0 bridgehead atoms. The average Bonchev–Trinajstić information content (AvgIpc) is 2.78. The summed E-state index contributed by atoms with van der Waals surface area (Å²) in [6, 6.07) is 4.86. The summed E-state index contributed by atoms with van der Waals surface area (Å²) in [7, 11) is 0. The second-order valence-electron chi connectivity index (χ2n) is 3.11. The molecule has 0 spiro atoms. The summed E-state index contributed by atoms with van der Waals surface area (Å²) in [4.78, 5) is 14.5. The molecule has 0 radical (unpaired) electrons. The fourth-order valence-corrected chi connectivity index (χ4v) is 2.31. The average molecular weight is 315 g/mol. The number of hydrogen-bond acceptors (Lipinski definition) is 6. The van der Waals surface area contributed by atoms with Crippen molar-refractivity contribution in [3.63, 3.8) is 0 Å². The molecular weight excluding hydrogens is 308 g/mol. The first kappa shape index (κ1) is 12.0. The van der Waals surface area contributed by atoms with E-state index in [0.717, 1.165) is 0 Å². The number of aromatic nitrogens is 1. The summed E-state index contributed by atoms with van der Waals surface area (Å²) in [6.45, 7) is 0. The topological polar surface area (TPSA) is 94.1 Å². The Morgan fingerprint density at radius 2 is 2.29 bits per heavy atom. The van der Waals surface area contributed by atoms with Crippen molar-refractivity contribution in [3.05, 3.63) is 38.2 Å². The van der Waals surface area contributed by atoms with Crippen LogP contribution in [0, 0.1) is 10.1 Å². The van der Waals surface area contributed by atoms with Gasteiger partial charge in [-0.15, -0.1) is 11.3 Å². The molecule has 3 N–H and O–H groups in total. The lowest BCUT2D eigenvalue weighted by Crippen LogP contribution is -2.05. The summed E-state index contributed by atoms with van der Waals surface area (Å²) in [5.74, 6) is 5.23. The van der Waals surface area contributed by atoms with Gasteiger partial charge in [0.1, 0.15) is 0 Å². The van der Waals surface area contributed by atoms with Gasteiger partial charge in [0, 0.05) is 17.0 Å². The van der Waals surface area contributed by atoms with E-state index >= 15 is 0 Å². The Morgan fingerprint density at radius 1 is 1.53 bits per heavy atom. The molecule has 2 aromatic rings. The van der Waals surface area contributed by atoms with Crippen molar-refractivity contribution in [1.29, 1.82) is 0 Å². The molecular formula is C9H7BrN4O2S. The first-order valence-electron chi connectivity index (χ1n) is 4.48. The van der Waals surface area contributed by atoms with Gasteiger partial charge in [-0.05, 0) is 22.0 Å². The molecule has 17 heavy (non-hydrogen) atoms. The Kier molecular flexibility index (Phi) is 3.36. The van der Waals surface area contributed by atoms with Crippen LogP contribution in [0.1, 0.15) is 0 Å². The highest BCUT2D eigenvalue weighted by molar-refractivity contribution is 9.10. The molecule has 88 valence electrons. The molecule has 0 saturated heterocycles. The monoisotopic (exact) mass is 314 g/mol. The maximum atomic E-state index is 10.8. The molecule has 0 saturated carbocycles. The number of rotatable bonds is 3. The Labute approximate surface area is 109 Å². The van der Waals surface area contributed by atoms with Gasteiger partial charge in [0.25, 0.3) is 5.69 Å². The van der Waals surface area contributed by atoms with Gasteiger partial charge in [0.2, 0.25) is 0 Å². The van der Waals surface area contributed by atoms with Crippen LogP contribution in [0.5, 0.6) is 0 Å². The van der Waals surface area contributed by atoms with E-state index < -0.39 is 4.92 Å². The summed E-state index contributed by atoms with van der Waals surface area (Å²) < 4.78 is 0.443. The van der Waals surface area contributed by atoms with Crippen LogP contribution in [0.15, 0.2) is 28.1 Å². The predicted octanol–water partition coefficient (Wildman–Crippen LogP) is 2.77. The van der Waals surface area contributed by atoms with Crippen LogP contribution < -0.4 is 11.3 Å². The van der Waals surface area contributed by atoms with E-state index in [1.165, 1.54) is 17.4 Å². The fraction of sp³-hybridized carbons (Fsp3) is 0. The highest BCUT2D eigenvalue weighted by Gasteiger charge is 2.14. The quantitative estimate of drug-likeness (QED) is 0.516. The zero-order valence-electron chi connectivity index (χ0n) is 8.38. The molecule has 8 heteroatoms. The van der Waals surface area contributed by atoms with Crippen molar-refractivity contribution < 1.29 is 4.92 Å². The highest BCUT2D eigenvalue weighted by atomic mass is 79.9. The molecule has 0 amide bonds. The summed E-state index contributed by atoms with van der Waals surface area (Å²) in [5.41, 5.74) is 3.77. The van der Waals surface area contributed by atoms with Crippen LogP contribution in [-0.2, 0) is 0 Å². The smallest absolute Gasteiger partial charge is 0.284 e. The van der Waals surface area contributed by atoms with Gasteiger partial charge >= 0.3 is 0 Å². The van der Waals surface area contributed by atoms with E-state index in [-0.39, 0.29) is 5.69 Å². The van der Waals surface area contributed by atoms with Crippen LogP contribution in [0.3, 0.4) is 0 Å². The second kappa shape index (κ2) is 4.78. The van der Waals surface area contributed by atoms with E-state index in [2.05, 4.69) is 26.3 Å². The maximum absolute atomic E-state index is 10.8. The molecule has 0 aliphatic carbocycles. The van der Waals surface area contributed by atoms with Gasteiger partial charge in [0.05, 0.1) is 15.1 Å². The molecule has 6 nitrogen and oxygen atoms in total. The first-order chi connectivity index (χ1) is 8.11. The molecule has 1 heterocycles. The molecule has 0 aliphatic heterocycles. The summed E-state index contributed by atoms with van der Waals surface area (Å²) >= 11 is 4.46. The molecule has 1 aromatic carbocycles. The molecule has 0 fully saturated rings. The van der Waals surface area contributed by atoms with Gasteiger partial charge in [-0.3, -0.25) is 15.5 Å². The Hall–Kier alpha value is -1.51. The van der Waals surface area contributed by atoms with Crippen LogP contribution in [0.25, 0.3) is 11.3 Å². The van der Waals surface area contributed by atoms with E-state index in [1.807, 2.05) is 0 Å². The molecule has 0 atom stereocenters. The van der Waals surface area contributed by atoms with Gasteiger partial charge in [0.15, 0.2) is 5.13 Å². The lowest BCUT2D eigenvalue weighted by Gasteiger charge is -1.99. The van der Waals surface area contributed by atoms with Crippen molar-refractivity contribution in [2.75, 3.05) is 5.43 Å². The molecule has 1 aromatic heterocycles. The number of nitrogen functional groups attached to an aromatic ring is 1. The third kappa shape index (κ3) is 2.43. The number of nitrogens with two attached hydrogens (primary N) is 1. The van der Waals surface area contributed by atoms with E-state index in [4.69, 9.17) is 5.84 Å². The molecule has 2 rings (SSSR count). The third-order valence-corrected chi connectivity index (χ3v) is 3.51. The number of anilines is 1. The number of hydrogen-bond donors (Lipinski definition) is 2. The zero-order chi connectivity index (χ0) is 12.4. The maximum Gasteiger partial charge on any atom is 0.284 e. The predicted molar refractivity (Wildman–Crippen MR) is 69.7 cm³/mol. The largest absolute Gasteiger partial charge is 0.300 e. The van der Waals surface area contributed by atoms with Crippen molar-refractivity contribution in [2.24, 2.45) is 5.84 Å². The Morgan fingerprint density at radius 3 is 2.88 bits per heavy atom. The van der Waals surface area contributed by atoms with Crippen molar-refractivity contribution in [2.45, 2.75) is 0 Å². The third-order valence-electron chi connectivity index (χ3n) is 2.07. The normalized spacial score (nSPS) is 10.2. The van der Waals surface area contributed by atoms with Crippen molar-refractivity contribution in [1.82, 2.24) is 4.98 Å². The van der Waals surface area contributed by atoms with Crippen molar-refractivity contribution in [3.8, 4) is 11.3 Å². The van der Waals surface area contributed by atoms with Crippen molar-refractivity contribution >= 4 is 38.1 Å². The first-order valence-corrected chi connectivity index (χ1v) is 6.15. The lowest BCUT2D eigenvalue weighted by atomic mass is 10.1. The number of benzene rings is 1. The standard InChI is InChI=1S/C9H7BrN4O2S/c10-6-2-1-5(3-8(6)14(15)16)7-4-17-9(12-7)13-11/h1-4H,11H2,(H,12,13). The Bertz CT molecular complexity index is 572. The van der Waals surface area contributed by atoms with Crippen LogP contribution in [0.4, 0.5) is 10.8 Å². The number of nitro benzene ring substituents is 1. The van der Waals surface area contributed by atoms with Gasteiger partial charge < -0.3 is 0 Å². The SMILES string of the molecule is NNc1nc(-c2ccc(Br)c([N+](=O)[O-])c2)cs1. The van der Waals surface area contributed by atoms with E-state index in [0.29, 0.717) is 20.9 Å². The second-order valence-corrected chi connectivity index (χ2v) is 4.82. The zero-order valence-corrected chi connectivity index (χ0v) is 10.8. The highest BCUT2D eigenvalue weighted by Crippen LogP contribution is 2.31. The van der Waals surface area contributed by atoms with E-state index in [9.17, 15) is 10.1 Å². The number of halogens is 1. The van der Waals surface area contributed by atoms with Crippen LogP contribution in [-0.4, -0.2) is 9.91 Å². The van der Waals surface area contributed by atoms with E-state index in [1.54, 1.807) is 17.5 Å². The van der Waals surface area contributed by atoms with Crippen LogP contribution >= 0.6 is 27.3 Å². The number of nitrogens with zero attached hydrogens (tertiary/aromatic N) is 2. The van der Waals surface area contributed by atoms with Gasteiger partial charge in [-0.1, -0.05) is 6.07 Å². The number of nitrogens with one attached hydrogen (secondary N) is 1. The number of hydrazine groups is 1. The lowest BCUT2D eigenvalue weighted by molar-refractivity contribution is -0.385. The summed E-state index contributed by atoms with van der Waals surface area (Å²) in [6.07, 6.45) is 0. The molecule has 0 aliphatic rings. The Balaban J connectivity index is 2.46. The summed E-state index contributed by atoms with van der Waals surface area (Å²) in [5, 5.41) is 13.1. The molecule has 0 unspecified atom stereocenters. The minimum Gasteiger partial charge on any atom is -0.300 e. The van der Waals surface area contributed by atoms with Crippen LogP contribution in [0.2, 0.25) is 0 Å². The number of nitro groups is 1.